The maximum Gasteiger partial charge on any atom is 0.222 e. The van der Waals surface area contributed by atoms with Gasteiger partial charge in [0.15, 0.2) is 0 Å². The zero-order valence-electron chi connectivity index (χ0n) is 22.5. The monoisotopic (exact) mass is 473 g/mol. The molecule has 0 aromatic carbocycles. The van der Waals surface area contributed by atoms with Gasteiger partial charge in [-0.05, 0) is 93.3 Å². The van der Waals surface area contributed by atoms with E-state index in [0.717, 1.165) is 64.3 Å². The van der Waals surface area contributed by atoms with Gasteiger partial charge in [0.25, 0.3) is 0 Å². The molecular weight excluding hydrogens is 422 g/mol. The second-order valence-corrected chi connectivity index (χ2v) is 13.1. The summed E-state index contributed by atoms with van der Waals surface area (Å²) in [7, 11) is 0. The van der Waals surface area contributed by atoms with Crippen molar-refractivity contribution < 1.29 is 14.7 Å². The second kappa shape index (κ2) is 10.2. The maximum absolute atomic E-state index is 12.9. The molecular formula is C30H51NO3. The quantitative estimate of drug-likeness (QED) is 0.387. The Kier molecular flexibility index (Phi) is 7.87. The van der Waals surface area contributed by atoms with Crippen LogP contribution in [0.3, 0.4) is 0 Å². The number of aliphatic hydroxyl groups is 1. The molecule has 0 aliphatic heterocycles. The van der Waals surface area contributed by atoms with Crippen LogP contribution < -0.4 is 0 Å². The molecule has 4 aliphatic rings. The van der Waals surface area contributed by atoms with Crippen LogP contribution in [0.4, 0.5) is 0 Å². The summed E-state index contributed by atoms with van der Waals surface area (Å²) in [5.74, 6) is 3.27. The van der Waals surface area contributed by atoms with Crippen molar-refractivity contribution in [3.8, 4) is 0 Å². The molecule has 0 radical (unpaired) electrons. The smallest absolute Gasteiger partial charge is 0.222 e. The Morgan fingerprint density at radius 3 is 2.50 bits per heavy atom. The first-order valence-electron chi connectivity index (χ1n) is 14.7. The molecule has 194 valence electrons. The first-order valence-corrected chi connectivity index (χ1v) is 14.7. The van der Waals surface area contributed by atoms with Crippen molar-refractivity contribution in [2.24, 2.45) is 34.5 Å². The van der Waals surface area contributed by atoms with E-state index in [4.69, 9.17) is 0 Å². The Balaban J connectivity index is 1.43. The van der Waals surface area contributed by atoms with E-state index in [0.29, 0.717) is 42.4 Å². The molecule has 4 nitrogen and oxygen atoms in total. The van der Waals surface area contributed by atoms with Crippen molar-refractivity contribution in [1.82, 2.24) is 4.90 Å². The normalized spacial score (nSPS) is 41.5. The number of amides is 1. The zero-order valence-corrected chi connectivity index (χ0v) is 22.5. The molecule has 0 aromatic rings. The van der Waals surface area contributed by atoms with Crippen LogP contribution in [0, 0.1) is 34.5 Å². The van der Waals surface area contributed by atoms with Crippen LogP contribution in [0.5, 0.6) is 0 Å². The highest BCUT2D eigenvalue weighted by molar-refractivity contribution is 5.87. The summed E-state index contributed by atoms with van der Waals surface area (Å²) in [6.45, 7) is 10.4. The van der Waals surface area contributed by atoms with Crippen molar-refractivity contribution in [2.75, 3.05) is 13.1 Å². The largest absolute Gasteiger partial charge is 0.388 e. The highest BCUT2D eigenvalue weighted by Gasteiger charge is 2.61. The number of fused-ring (bicyclic) bond motifs is 5. The van der Waals surface area contributed by atoms with Crippen LogP contribution in [0.2, 0.25) is 0 Å². The molecule has 0 heterocycles. The molecule has 4 heteroatoms. The lowest BCUT2D eigenvalue weighted by molar-refractivity contribution is -0.161. The highest BCUT2D eigenvalue weighted by atomic mass is 16.3. The van der Waals surface area contributed by atoms with Gasteiger partial charge < -0.3 is 10.0 Å². The van der Waals surface area contributed by atoms with Gasteiger partial charge in [-0.25, -0.2) is 0 Å². The van der Waals surface area contributed by atoms with Gasteiger partial charge in [0.05, 0.1) is 5.60 Å². The number of unbranched alkanes of at least 4 members (excludes halogenated alkanes) is 3. The number of ketones is 1. The summed E-state index contributed by atoms with van der Waals surface area (Å²) >= 11 is 0. The molecule has 1 amide bonds. The van der Waals surface area contributed by atoms with E-state index >= 15 is 0 Å². The van der Waals surface area contributed by atoms with E-state index in [-0.39, 0.29) is 16.7 Å². The lowest BCUT2D eigenvalue weighted by Crippen LogP contribution is -2.58. The third kappa shape index (κ3) is 4.74. The fourth-order valence-electron chi connectivity index (χ4n) is 8.99. The summed E-state index contributed by atoms with van der Waals surface area (Å²) in [5.41, 5.74) is -0.517. The fraction of sp³-hybridized carbons (Fsp3) is 0.933. The lowest BCUT2D eigenvalue weighted by atomic mass is 9.44. The molecule has 34 heavy (non-hydrogen) atoms. The van der Waals surface area contributed by atoms with Gasteiger partial charge in [0, 0.05) is 31.3 Å². The van der Waals surface area contributed by atoms with E-state index < -0.39 is 5.60 Å². The molecule has 0 bridgehead atoms. The minimum atomic E-state index is -0.738. The molecule has 4 saturated carbocycles. The number of Topliss-reactive ketones (excluding diaryl/α,β-unsaturated/α-hetero) is 1. The molecule has 0 aromatic heterocycles. The van der Waals surface area contributed by atoms with Crippen molar-refractivity contribution in [3.63, 3.8) is 0 Å². The van der Waals surface area contributed by atoms with Gasteiger partial charge in [-0.1, -0.05) is 47.0 Å². The Morgan fingerprint density at radius 2 is 1.76 bits per heavy atom. The van der Waals surface area contributed by atoms with Gasteiger partial charge in [0.2, 0.25) is 5.91 Å². The van der Waals surface area contributed by atoms with Crippen molar-refractivity contribution in [2.45, 2.75) is 130 Å². The molecule has 4 aliphatic carbocycles. The van der Waals surface area contributed by atoms with Gasteiger partial charge in [-0.2, -0.15) is 0 Å². The number of hydrogen-bond acceptors (Lipinski definition) is 3. The minimum absolute atomic E-state index is 0.0579. The van der Waals surface area contributed by atoms with Crippen molar-refractivity contribution in [1.29, 1.82) is 0 Å². The number of rotatable bonds is 9. The average Bonchev–Trinajstić information content (AvgIpc) is 3.11. The number of hydrogen-bond donors (Lipinski definition) is 1. The van der Waals surface area contributed by atoms with Crippen LogP contribution in [-0.2, 0) is 9.59 Å². The molecule has 0 saturated heterocycles. The molecule has 7 atom stereocenters. The van der Waals surface area contributed by atoms with Gasteiger partial charge in [-0.3, -0.25) is 9.59 Å². The Bertz CT molecular complexity index is 751. The summed E-state index contributed by atoms with van der Waals surface area (Å²) in [6, 6.07) is 0. The molecule has 4 rings (SSSR count). The topological polar surface area (TPSA) is 57.6 Å². The average molecular weight is 474 g/mol. The van der Waals surface area contributed by atoms with Gasteiger partial charge >= 0.3 is 0 Å². The minimum Gasteiger partial charge on any atom is -0.388 e. The fourth-order valence-corrected chi connectivity index (χ4v) is 8.99. The summed E-state index contributed by atoms with van der Waals surface area (Å²) in [6.07, 6.45) is 15.4. The summed E-state index contributed by atoms with van der Waals surface area (Å²) in [5, 5.41) is 11.8. The van der Waals surface area contributed by atoms with E-state index in [1.807, 2.05) is 4.90 Å². The standard InChI is InChI=1S/C30H51NO3/c1-5-7-8-9-19-31(27(33)10-6-2)21-30(34)18-17-28(3)22(20-30)11-12-23-24-13-14-26(32)29(24,4)16-15-25(23)28/h22-25,34H,5-21H2,1-4H3/t22?,23-,24-,25-,28-,29-,30+/m0/s1. The van der Waals surface area contributed by atoms with Crippen LogP contribution in [-0.4, -0.2) is 40.4 Å². The van der Waals surface area contributed by atoms with Gasteiger partial charge in [0.1, 0.15) is 5.78 Å². The molecule has 1 unspecified atom stereocenters. The van der Waals surface area contributed by atoms with E-state index in [9.17, 15) is 14.7 Å². The van der Waals surface area contributed by atoms with E-state index in [1.54, 1.807) is 0 Å². The van der Waals surface area contributed by atoms with E-state index in [2.05, 4.69) is 27.7 Å². The lowest BCUT2D eigenvalue weighted by Gasteiger charge is -2.61. The first kappa shape index (κ1) is 26.2. The predicted molar refractivity (Wildman–Crippen MR) is 137 cm³/mol. The number of nitrogens with zero attached hydrogens (tertiary/aromatic N) is 1. The van der Waals surface area contributed by atoms with E-state index in [1.165, 1.54) is 32.1 Å². The highest BCUT2D eigenvalue weighted by Crippen LogP contribution is 2.66. The molecule has 4 fully saturated rings. The van der Waals surface area contributed by atoms with Crippen molar-refractivity contribution >= 4 is 11.7 Å². The Morgan fingerprint density at radius 1 is 0.971 bits per heavy atom. The second-order valence-electron chi connectivity index (χ2n) is 13.1. The molecule has 0 spiro atoms. The maximum atomic E-state index is 12.9. The van der Waals surface area contributed by atoms with Crippen LogP contribution in [0.1, 0.15) is 124 Å². The number of carbonyl (C=O) groups is 2. The summed E-state index contributed by atoms with van der Waals surface area (Å²) < 4.78 is 0. The third-order valence-electron chi connectivity index (χ3n) is 11.1. The van der Waals surface area contributed by atoms with Gasteiger partial charge in [-0.15, -0.1) is 0 Å². The van der Waals surface area contributed by atoms with Crippen LogP contribution in [0.25, 0.3) is 0 Å². The third-order valence-corrected chi connectivity index (χ3v) is 11.1. The Hall–Kier alpha value is -0.900. The summed E-state index contributed by atoms with van der Waals surface area (Å²) in [4.78, 5) is 27.6. The Labute approximate surface area is 208 Å². The first-order chi connectivity index (χ1) is 16.2. The SMILES string of the molecule is CCCCCCN(C[C@@]1(O)CC[C@@]2(C)C(CC[C@@H]3[C@@H]2CC[C@]2(C)C(=O)CC[C@@H]32)C1)C(=O)CCC. The molecule has 1 N–H and O–H groups in total. The van der Waals surface area contributed by atoms with Crippen LogP contribution in [0.15, 0.2) is 0 Å². The van der Waals surface area contributed by atoms with Crippen molar-refractivity contribution in [3.05, 3.63) is 0 Å². The number of carbonyl (C=O) groups excluding carboxylic acids is 2. The predicted octanol–water partition coefficient (Wildman–Crippen LogP) is 6.54. The zero-order chi connectivity index (χ0) is 24.6. The van der Waals surface area contributed by atoms with Crippen LogP contribution >= 0.6 is 0 Å².